The molecule has 0 bridgehead atoms. The zero-order valence-corrected chi connectivity index (χ0v) is 10.3. The largest absolute Gasteiger partial charge is 0.426 e. The molecule has 1 fully saturated rings. The molecule has 1 unspecified atom stereocenters. The van der Waals surface area contributed by atoms with E-state index in [1.54, 1.807) is 0 Å². The molecule has 2 N–H and O–H groups in total. The highest BCUT2D eigenvalue weighted by atomic mass is 16.5. The Labute approximate surface area is 107 Å². The number of fused-ring (bicyclic) bond motifs is 1. The highest BCUT2D eigenvalue weighted by Crippen LogP contribution is 2.32. The van der Waals surface area contributed by atoms with Crippen LogP contribution in [-0.4, -0.2) is 25.1 Å². The second-order valence-corrected chi connectivity index (χ2v) is 4.96. The molecule has 2 heterocycles. The lowest BCUT2D eigenvalue weighted by Gasteiger charge is -2.31. The van der Waals surface area contributed by atoms with E-state index in [0.717, 1.165) is 31.5 Å². The molecule has 1 aromatic rings. The van der Waals surface area contributed by atoms with Gasteiger partial charge in [-0.2, -0.15) is 0 Å². The van der Waals surface area contributed by atoms with E-state index in [2.05, 4.69) is 10.6 Å². The van der Waals surface area contributed by atoms with Crippen molar-refractivity contribution >= 4 is 5.97 Å². The monoisotopic (exact) mass is 246 g/mol. The van der Waals surface area contributed by atoms with Gasteiger partial charge in [0.2, 0.25) is 0 Å². The Morgan fingerprint density at radius 2 is 2.00 bits per heavy atom. The van der Waals surface area contributed by atoms with E-state index in [1.807, 2.05) is 24.3 Å². The molecule has 0 amide bonds. The summed E-state index contributed by atoms with van der Waals surface area (Å²) >= 11 is 0. The summed E-state index contributed by atoms with van der Waals surface area (Å²) in [5, 5.41) is 6.95. The Morgan fingerprint density at radius 3 is 2.83 bits per heavy atom. The zero-order chi connectivity index (χ0) is 12.4. The summed E-state index contributed by atoms with van der Waals surface area (Å²) in [7, 11) is 0. The fourth-order valence-electron chi connectivity index (χ4n) is 2.72. The first-order valence-corrected chi connectivity index (χ1v) is 6.59. The Bertz CT molecular complexity index is 441. The van der Waals surface area contributed by atoms with E-state index in [0.29, 0.717) is 18.2 Å². The predicted molar refractivity (Wildman–Crippen MR) is 68.5 cm³/mol. The van der Waals surface area contributed by atoms with Crippen LogP contribution in [-0.2, 0) is 4.79 Å². The van der Waals surface area contributed by atoms with Gasteiger partial charge in [-0.15, -0.1) is 0 Å². The van der Waals surface area contributed by atoms with Crippen molar-refractivity contribution in [3.63, 3.8) is 0 Å². The average Bonchev–Trinajstić information content (AvgIpc) is 2.40. The number of carbonyl (C=O) groups excluding carboxylic acids is 1. The van der Waals surface area contributed by atoms with Crippen molar-refractivity contribution in [2.75, 3.05) is 13.1 Å². The molecule has 0 saturated carbocycles. The number of ether oxygens (including phenoxy) is 1. The number of hydrogen-bond donors (Lipinski definition) is 2. The van der Waals surface area contributed by atoms with E-state index >= 15 is 0 Å². The van der Waals surface area contributed by atoms with Gasteiger partial charge in [0.25, 0.3) is 0 Å². The van der Waals surface area contributed by atoms with Gasteiger partial charge in [0.1, 0.15) is 5.75 Å². The topological polar surface area (TPSA) is 50.4 Å². The second-order valence-electron chi connectivity index (χ2n) is 4.96. The number of para-hydroxylation sites is 1. The fraction of sp³-hybridized carbons (Fsp3) is 0.500. The van der Waals surface area contributed by atoms with Gasteiger partial charge in [0, 0.05) is 17.6 Å². The molecule has 18 heavy (non-hydrogen) atoms. The van der Waals surface area contributed by atoms with Crippen molar-refractivity contribution in [1.82, 2.24) is 10.6 Å². The summed E-state index contributed by atoms with van der Waals surface area (Å²) in [6.45, 7) is 2.10. The molecule has 0 radical (unpaired) electrons. The summed E-state index contributed by atoms with van der Waals surface area (Å²) < 4.78 is 5.26. The van der Waals surface area contributed by atoms with Gasteiger partial charge < -0.3 is 15.4 Å². The van der Waals surface area contributed by atoms with Gasteiger partial charge in [-0.3, -0.25) is 4.79 Å². The lowest BCUT2D eigenvalue weighted by Crippen LogP contribution is -2.43. The Balaban J connectivity index is 1.77. The van der Waals surface area contributed by atoms with E-state index < -0.39 is 0 Å². The van der Waals surface area contributed by atoms with Gasteiger partial charge in [0.05, 0.1) is 6.42 Å². The second kappa shape index (κ2) is 5.08. The van der Waals surface area contributed by atoms with Crippen LogP contribution in [0.15, 0.2) is 24.3 Å². The van der Waals surface area contributed by atoms with Gasteiger partial charge in [-0.05, 0) is 32.0 Å². The summed E-state index contributed by atoms with van der Waals surface area (Å²) in [6, 6.07) is 8.40. The molecular weight excluding hydrogens is 228 g/mol. The normalized spacial score (nSPS) is 24.4. The maximum Gasteiger partial charge on any atom is 0.313 e. The number of rotatable bonds is 2. The van der Waals surface area contributed by atoms with E-state index in [4.69, 9.17) is 4.74 Å². The minimum atomic E-state index is -0.139. The maximum absolute atomic E-state index is 11.6. The van der Waals surface area contributed by atoms with E-state index in [-0.39, 0.29) is 12.0 Å². The maximum atomic E-state index is 11.6. The number of esters is 1. The molecule has 1 atom stereocenters. The third-order valence-corrected chi connectivity index (χ3v) is 3.67. The summed E-state index contributed by atoms with van der Waals surface area (Å²) in [5.41, 5.74) is 1.11. The zero-order valence-electron chi connectivity index (χ0n) is 10.3. The average molecular weight is 246 g/mol. The molecule has 96 valence electrons. The quantitative estimate of drug-likeness (QED) is 0.611. The first-order valence-electron chi connectivity index (χ1n) is 6.59. The molecule has 2 aliphatic rings. The number of benzene rings is 1. The summed E-state index contributed by atoms with van der Waals surface area (Å²) in [5.74, 6) is 0.570. The minimum Gasteiger partial charge on any atom is -0.426 e. The molecule has 0 spiro atoms. The van der Waals surface area contributed by atoms with Gasteiger partial charge in [-0.1, -0.05) is 18.2 Å². The van der Waals surface area contributed by atoms with Crippen molar-refractivity contribution < 1.29 is 9.53 Å². The number of hydrogen-bond acceptors (Lipinski definition) is 4. The number of carbonyl (C=O) groups is 1. The van der Waals surface area contributed by atoms with E-state index in [9.17, 15) is 4.79 Å². The minimum absolute atomic E-state index is 0.102. The van der Waals surface area contributed by atoms with Gasteiger partial charge >= 0.3 is 5.97 Å². The molecule has 0 aromatic heterocycles. The van der Waals surface area contributed by atoms with Crippen LogP contribution in [0.5, 0.6) is 5.75 Å². The first-order chi connectivity index (χ1) is 8.83. The van der Waals surface area contributed by atoms with Crippen LogP contribution >= 0.6 is 0 Å². The summed E-state index contributed by atoms with van der Waals surface area (Å²) in [6.07, 6.45) is 2.67. The molecular formula is C14H18N2O2. The highest BCUT2D eigenvalue weighted by molar-refractivity contribution is 5.76. The van der Waals surface area contributed by atoms with Crippen LogP contribution < -0.4 is 15.4 Å². The Hall–Kier alpha value is -1.39. The third kappa shape index (κ3) is 2.40. The van der Waals surface area contributed by atoms with Gasteiger partial charge in [-0.25, -0.2) is 0 Å². The molecule has 0 aliphatic carbocycles. The van der Waals surface area contributed by atoms with Crippen molar-refractivity contribution in [2.24, 2.45) is 0 Å². The van der Waals surface area contributed by atoms with E-state index in [1.165, 1.54) is 0 Å². The van der Waals surface area contributed by atoms with Crippen LogP contribution in [0.3, 0.4) is 0 Å². The number of piperidine rings is 1. The van der Waals surface area contributed by atoms with Crippen LogP contribution in [0.25, 0.3) is 0 Å². The standard InChI is InChI=1S/C14H18N2O2/c17-14-9-12(16-10-5-7-15-8-6-10)11-3-1-2-4-13(11)18-14/h1-4,10,12,15-16H,5-9H2. The highest BCUT2D eigenvalue weighted by Gasteiger charge is 2.28. The van der Waals surface area contributed by atoms with Gasteiger partial charge in [0.15, 0.2) is 0 Å². The lowest BCUT2D eigenvalue weighted by molar-refractivity contribution is -0.136. The Morgan fingerprint density at radius 1 is 1.22 bits per heavy atom. The van der Waals surface area contributed by atoms with Crippen molar-refractivity contribution in [2.45, 2.75) is 31.3 Å². The van der Waals surface area contributed by atoms with Crippen LogP contribution in [0.4, 0.5) is 0 Å². The van der Waals surface area contributed by atoms with Crippen molar-refractivity contribution in [3.8, 4) is 5.75 Å². The molecule has 2 aliphatic heterocycles. The smallest absolute Gasteiger partial charge is 0.313 e. The van der Waals surface area contributed by atoms with Crippen molar-refractivity contribution in [3.05, 3.63) is 29.8 Å². The molecule has 4 nitrogen and oxygen atoms in total. The van der Waals surface area contributed by atoms with Crippen LogP contribution in [0.1, 0.15) is 30.9 Å². The summed E-state index contributed by atoms with van der Waals surface area (Å²) in [4.78, 5) is 11.6. The fourth-order valence-corrected chi connectivity index (χ4v) is 2.72. The SMILES string of the molecule is O=C1CC(NC2CCNCC2)c2ccccc2O1. The predicted octanol–water partition coefficient (Wildman–Crippen LogP) is 1.38. The third-order valence-electron chi connectivity index (χ3n) is 3.67. The first kappa shape index (κ1) is 11.7. The Kier molecular flexibility index (Phi) is 3.30. The van der Waals surface area contributed by atoms with Crippen molar-refractivity contribution in [1.29, 1.82) is 0 Å². The molecule has 1 aromatic carbocycles. The van der Waals surface area contributed by atoms with Crippen LogP contribution in [0, 0.1) is 0 Å². The molecule has 4 heteroatoms. The number of nitrogens with one attached hydrogen (secondary N) is 2. The molecule has 3 rings (SSSR count). The molecule has 1 saturated heterocycles. The van der Waals surface area contributed by atoms with Crippen LogP contribution in [0.2, 0.25) is 0 Å². The lowest BCUT2D eigenvalue weighted by atomic mass is 9.97.